The number of para-hydroxylation sites is 2. The fourth-order valence-electron chi connectivity index (χ4n) is 5.39. The highest BCUT2D eigenvalue weighted by Crippen LogP contribution is 2.36. The van der Waals surface area contributed by atoms with Crippen molar-refractivity contribution in [1.82, 2.24) is 14.8 Å². The van der Waals surface area contributed by atoms with Crippen molar-refractivity contribution in [2.75, 3.05) is 19.6 Å². The summed E-state index contributed by atoms with van der Waals surface area (Å²) in [5.74, 6) is 1.56. The van der Waals surface area contributed by atoms with Crippen LogP contribution in [0.15, 0.2) is 85.1 Å². The fourth-order valence-corrected chi connectivity index (χ4v) is 5.39. The van der Waals surface area contributed by atoms with Crippen molar-refractivity contribution >= 4 is 16.8 Å². The molecule has 0 spiro atoms. The number of aryl methyl sites for hydroxylation is 1. The molecule has 0 aliphatic heterocycles. The molecule has 1 heterocycles. The lowest BCUT2D eigenvalue weighted by Gasteiger charge is -2.22. The normalized spacial score (nSPS) is 12.9. The molecule has 1 N–H and O–H groups in total. The number of nitrogens with zero attached hydrogens (tertiary/aromatic N) is 2. The van der Waals surface area contributed by atoms with Crippen LogP contribution in [0.3, 0.4) is 0 Å². The molecule has 5 heteroatoms. The third-order valence-electron chi connectivity index (χ3n) is 7.58. The van der Waals surface area contributed by atoms with E-state index >= 15 is 0 Å². The number of hydrogen-bond acceptors (Lipinski definition) is 3. The molecule has 0 aliphatic carbocycles. The first-order valence-electron chi connectivity index (χ1n) is 14.4. The van der Waals surface area contributed by atoms with Gasteiger partial charge in [0.2, 0.25) is 5.91 Å². The summed E-state index contributed by atoms with van der Waals surface area (Å²) in [5, 5.41) is 4.48. The van der Waals surface area contributed by atoms with Gasteiger partial charge in [-0.05, 0) is 87.8 Å². The van der Waals surface area contributed by atoms with Gasteiger partial charge in [0.25, 0.3) is 0 Å². The van der Waals surface area contributed by atoms with Gasteiger partial charge in [-0.2, -0.15) is 0 Å². The Morgan fingerprint density at radius 1 is 0.923 bits per heavy atom. The first-order chi connectivity index (χ1) is 19.0. The molecule has 5 nitrogen and oxygen atoms in total. The second-order valence-corrected chi connectivity index (χ2v) is 10.3. The van der Waals surface area contributed by atoms with Crippen LogP contribution in [0.25, 0.3) is 10.9 Å². The Labute approximate surface area is 233 Å². The molecule has 0 radical (unpaired) electrons. The smallest absolute Gasteiger partial charge is 0.221 e. The maximum atomic E-state index is 13.4. The van der Waals surface area contributed by atoms with Gasteiger partial charge in [-0.3, -0.25) is 4.79 Å². The van der Waals surface area contributed by atoms with E-state index in [2.05, 4.69) is 85.1 Å². The zero-order chi connectivity index (χ0) is 27.6. The van der Waals surface area contributed by atoms with Crippen LogP contribution in [0.4, 0.5) is 0 Å². The van der Waals surface area contributed by atoms with Gasteiger partial charge in [0.1, 0.15) is 11.5 Å². The lowest BCUT2D eigenvalue weighted by Crippen LogP contribution is -2.34. The number of aromatic nitrogens is 1. The highest BCUT2D eigenvalue weighted by atomic mass is 16.5. The summed E-state index contributed by atoms with van der Waals surface area (Å²) in [6, 6.07) is 26.6. The number of benzene rings is 3. The van der Waals surface area contributed by atoms with Crippen LogP contribution in [0.2, 0.25) is 0 Å². The number of hydrogen-bond donors (Lipinski definition) is 1. The van der Waals surface area contributed by atoms with Gasteiger partial charge in [0.05, 0.1) is 0 Å². The summed E-state index contributed by atoms with van der Waals surface area (Å²) in [5.41, 5.74) is 3.45. The van der Waals surface area contributed by atoms with E-state index in [4.69, 9.17) is 4.74 Å². The summed E-state index contributed by atoms with van der Waals surface area (Å²) < 4.78 is 8.43. The van der Waals surface area contributed by atoms with Crippen molar-refractivity contribution in [3.8, 4) is 11.5 Å². The maximum absolute atomic E-state index is 13.4. The number of rotatable bonds is 14. The van der Waals surface area contributed by atoms with E-state index in [0.29, 0.717) is 6.42 Å². The zero-order valence-corrected chi connectivity index (χ0v) is 23.9. The molecule has 206 valence electrons. The van der Waals surface area contributed by atoms with E-state index in [1.165, 1.54) is 16.5 Å². The van der Waals surface area contributed by atoms with Crippen LogP contribution in [0, 0.1) is 0 Å². The van der Waals surface area contributed by atoms with E-state index in [0.717, 1.165) is 56.1 Å². The molecular formula is C34H43N3O2. The minimum atomic E-state index is -0.0927. The second-order valence-electron chi connectivity index (χ2n) is 10.3. The largest absolute Gasteiger partial charge is 0.457 e. The third kappa shape index (κ3) is 7.51. The lowest BCUT2D eigenvalue weighted by atomic mass is 9.87. The predicted molar refractivity (Wildman–Crippen MR) is 162 cm³/mol. The van der Waals surface area contributed by atoms with Crippen LogP contribution < -0.4 is 10.1 Å². The minimum absolute atomic E-state index is 0.0815. The molecule has 39 heavy (non-hydrogen) atoms. The standard InChI is InChI=1S/C34H43N3O2/c1-5-36(6-2)22-14-15-26(4)35-34(38)24-31(32-25-37(7-3)33-21-12-11-20-30(32)33)27-16-13-19-29(23-27)39-28-17-9-8-10-18-28/h8-13,16-21,23,25-26,31H,5-7,14-15,22,24H2,1-4H3,(H,35,38). The predicted octanol–water partition coefficient (Wildman–Crippen LogP) is 7.60. The van der Waals surface area contributed by atoms with Gasteiger partial charge in [-0.25, -0.2) is 0 Å². The van der Waals surface area contributed by atoms with Crippen LogP contribution in [-0.2, 0) is 11.3 Å². The van der Waals surface area contributed by atoms with Crippen molar-refractivity contribution in [1.29, 1.82) is 0 Å². The maximum Gasteiger partial charge on any atom is 0.221 e. The average molecular weight is 526 g/mol. The Hall–Kier alpha value is -3.57. The summed E-state index contributed by atoms with van der Waals surface area (Å²) in [7, 11) is 0. The second kappa shape index (κ2) is 14.0. The molecule has 2 unspecified atom stereocenters. The Morgan fingerprint density at radius 2 is 1.64 bits per heavy atom. The van der Waals surface area contributed by atoms with Gasteiger partial charge in [-0.1, -0.05) is 62.4 Å². The summed E-state index contributed by atoms with van der Waals surface area (Å²) in [6.45, 7) is 12.8. The topological polar surface area (TPSA) is 46.5 Å². The molecule has 0 saturated heterocycles. The van der Waals surface area contributed by atoms with Gasteiger partial charge in [0, 0.05) is 42.0 Å². The molecule has 0 bridgehead atoms. The van der Waals surface area contributed by atoms with E-state index in [-0.39, 0.29) is 17.9 Å². The molecule has 1 amide bonds. The van der Waals surface area contributed by atoms with E-state index in [1.54, 1.807) is 0 Å². The highest BCUT2D eigenvalue weighted by Gasteiger charge is 2.24. The van der Waals surface area contributed by atoms with Crippen molar-refractivity contribution in [3.63, 3.8) is 0 Å². The molecule has 0 saturated carbocycles. The van der Waals surface area contributed by atoms with E-state index in [1.807, 2.05) is 42.5 Å². The molecular weight excluding hydrogens is 482 g/mol. The lowest BCUT2D eigenvalue weighted by molar-refractivity contribution is -0.121. The van der Waals surface area contributed by atoms with Gasteiger partial charge in [-0.15, -0.1) is 0 Å². The molecule has 0 aliphatic rings. The minimum Gasteiger partial charge on any atom is -0.457 e. The molecule has 4 aromatic rings. The number of ether oxygens (including phenoxy) is 1. The summed E-state index contributed by atoms with van der Waals surface area (Å²) in [4.78, 5) is 15.9. The number of carbonyl (C=O) groups is 1. The Morgan fingerprint density at radius 3 is 2.38 bits per heavy atom. The van der Waals surface area contributed by atoms with Gasteiger partial charge in [0.15, 0.2) is 0 Å². The van der Waals surface area contributed by atoms with Crippen molar-refractivity contribution in [3.05, 3.63) is 96.2 Å². The molecule has 3 aromatic carbocycles. The molecule has 2 atom stereocenters. The van der Waals surface area contributed by atoms with E-state index in [9.17, 15) is 4.79 Å². The average Bonchev–Trinajstić information content (AvgIpc) is 3.33. The van der Waals surface area contributed by atoms with Crippen LogP contribution in [-0.4, -0.2) is 41.1 Å². The number of amides is 1. The van der Waals surface area contributed by atoms with Crippen molar-refractivity contribution in [2.24, 2.45) is 0 Å². The highest BCUT2D eigenvalue weighted by molar-refractivity contribution is 5.86. The quantitative estimate of drug-likeness (QED) is 0.184. The monoisotopic (exact) mass is 525 g/mol. The van der Waals surface area contributed by atoms with Gasteiger partial charge < -0.3 is 19.5 Å². The van der Waals surface area contributed by atoms with Crippen LogP contribution >= 0.6 is 0 Å². The Bertz CT molecular complexity index is 1330. The first-order valence-corrected chi connectivity index (χ1v) is 14.4. The van der Waals surface area contributed by atoms with Crippen LogP contribution in [0.5, 0.6) is 11.5 Å². The number of nitrogens with one attached hydrogen (secondary N) is 1. The number of fused-ring (bicyclic) bond motifs is 1. The van der Waals surface area contributed by atoms with Crippen molar-refractivity contribution in [2.45, 2.75) is 65.5 Å². The number of carbonyl (C=O) groups excluding carboxylic acids is 1. The summed E-state index contributed by atoms with van der Waals surface area (Å²) >= 11 is 0. The molecule has 0 fully saturated rings. The fraction of sp³-hybridized carbons (Fsp3) is 0.382. The third-order valence-corrected chi connectivity index (χ3v) is 7.58. The van der Waals surface area contributed by atoms with E-state index < -0.39 is 0 Å². The zero-order valence-electron chi connectivity index (χ0n) is 23.9. The molecule has 4 rings (SSSR count). The van der Waals surface area contributed by atoms with Crippen LogP contribution in [0.1, 0.15) is 64.0 Å². The SMILES string of the molecule is CCN(CC)CCCC(C)NC(=O)CC(c1cccc(Oc2ccccc2)c1)c1cn(CC)c2ccccc12. The first kappa shape index (κ1) is 28.4. The Kier molecular flexibility index (Phi) is 10.2. The van der Waals surface area contributed by atoms with Gasteiger partial charge >= 0.3 is 0 Å². The van der Waals surface area contributed by atoms with Crippen molar-refractivity contribution < 1.29 is 9.53 Å². The molecule has 1 aromatic heterocycles. The Balaban J connectivity index is 1.58. The summed E-state index contributed by atoms with van der Waals surface area (Å²) in [6.07, 6.45) is 4.66.